The van der Waals surface area contributed by atoms with Crippen LogP contribution in [0.4, 0.5) is 0 Å². The van der Waals surface area contributed by atoms with Gasteiger partial charge in [-0.05, 0) is 25.7 Å². The van der Waals surface area contributed by atoms with Crippen LogP contribution in [-0.2, 0) is 0 Å². The molecule has 1 atom stereocenters. The molecule has 1 unspecified atom stereocenters. The Morgan fingerprint density at radius 3 is 0.848 bits per heavy atom. The molecule has 0 fully saturated rings. The monoisotopic (exact) mass is 469 g/mol. The summed E-state index contributed by atoms with van der Waals surface area (Å²) < 4.78 is 0.857. The zero-order valence-electron chi connectivity index (χ0n) is 23.9. The van der Waals surface area contributed by atoms with Crippen LogP contribution in [0.5, 0.6) is 0 Å². The zero-order valence-corrected chi connectivity index (χ0v) is 23.9. The Bertz CT molecular complexity index is 340. The number of rotatable bonds is 27. The second kappa shape index (κ2) is 25.0. The molecule has 2 nitrogen and oxygen atoms in total. The molecule has 200 valence electrons. The molecule has 0 bridgehead atoms. The first kappa shape index (κ1) is 32.9. The quantitative estimate of drug-likeness (QED) is 0.0722. The third-order valence-corrected chi connectivity index (χ3v) is 7.95. The Hall–Kier alpha value is -0.0800. The summed E-state index contributed by atoms with van der Waals surface area (Å²) in [4.78, 5) is 0. The van der Waals surface area contributed by atoms with Gasteiger partial charge in [0.05, 0.1) is 20.1 Å². The van der Waals surface area contributed by atoms with E-state index in [1.807, 2.05) is 6.92 Å². The number of unbranched alkanes of at least 4 members (excludes halogenated alkanes) is 22. The fraction of sp³-hybridized carbons (Fsp3) is 1.00. The van der Waals surface area contributed by atoms with Gasteiger partial charge in [-0.25, -0.2) is 0 Å². The fourth-order valence-corrected chi connectivity index (χ4v) is 5.11. The number of hydrogen-bond acceptors (Lipinski definition) is 1. The van der Waals surface area contributed by atoms with Crippen LogP contribution in [0, 0.1) is 0 Å². The summed E-state index contributed by atoms with van der Waals surface area (Å²) in [5.74, 6) is 0. The van der Waals surface area contributed by atoms with Gasteiger partial charge in [0, 0.05) is 6.92 Å². The second-order valence-electron chi connectivity index (χ2n) is 11.3. The number of aliphatic hydroxyl groups excluding tert-OH is 1. The van der Waals surface area contributed by atoms with Crippen LogP contribution in [0.3, 0.4) is 0 Å². The minimum absolute atomic E-state index is 0.231. The van der Waals surface area contributed by atoms with Crippen LogP contribution in [0.2, 0.25) is 0 Å². The predicted molar refractivity (Wildman–Crippen MR) is 150 cm³/mol. The van der Waals surface area contributed by atoms with Crippen molar-refractivity contribution >= 4 is 0 Å². The van der Waals surface area contributed by atoms with Crippen molar-refractivity contribution in [3.63, 3.8) is 0 Å². The summed E-state index contributed by atoms with van der Waals surface area (Å²) in [5, 5.41) is 10.4. The maximum Gasteiger partial charge on any atom is 0.187 e. The number of aliphatic hydroxyl groups is 1. The Morgan fingerprint density at radius 2 is 0.636 bits per heavy atom. The van der Waals surface area contributed by atoms with Crippen LogP contribution < -0.4 is 0 Å². The molecule has 0 rings (SSSR count). The van der Waals surface area contributed by atoms with E-state index in [9.17, 15) is 5.11 Å². The third-order valence-electron chi connectivity index (χ3n) is 7.95. The SMILES string of the molecule is CCCCCCCCCCCCCC[N+](C)(CCCCCCCCCCCCCC)C(C)O. The lowest BCUT2D eigenvalue weighted by Gasteiger charge is -2.37. The van der Waals surface area contributed by atoms with Crippen molar-refractivity contribution in [3.05, 3.63) is 0 Å². The van der Waals surface area contributed by atoms with Gasteiger partial charge in [0.25, 0.3) is 0 Å². The fourth-order valence-electron chi connectivity index (χ4n) is 5.11. The molecule has 0 aliphatic heterocycles. The molecule has 0 aliphatic carbocycles. The normalized spacial score (nSPS) is 13.0. The minimum atomic E-state index is -0.231. The van der Waals surface area contributed by atoms with Gasteiger partial charge in [0.15, 0.2) is 6.23 Å². The molecule has 0 amide bonds. The number of hydrogen-bond donors (Lipinski definition) is 1. The van der Waals surface area contributed by atoms with Crippen molar-refractivity contribution in [1.29, 1.82) is 0 Å². The first-order valence-electron chi connectivity index (χ1n) is 15.6. The molecule has 0 saturated heterocycles. The van der Waals surface area contributed by atoms with Crippen LogP contribution >= 0.6 is 0 Å². The minimum Gasteiger partial charge on any atom is -0.345 e. The molecular weight excluding hydrogens is 402 g/mol. The summed E-state index contributed by atoms with van der Waals surface area (Å²) in [6, 6.07) is 0. The Kier molecular flexibility index (Phi) is 25.0. The van der Waals surface area contributed by atoms with Crippen LogP contribution in [0.25, 0.3) is 0 Å². The summed E-state index contributed by atoms with van der Waals surface area (Å²) >= 11 is 0. The van der Waals surface area contributed by atoms with Gasteiger partial charge >= 0.3 is 0 Å². The van der Waals surface area contributed by atoms with E-state index in [2.05, 4.69) is 20.9 Å². The topological polar surface area (TPSA) is 20.2 Å². The van der Waals surface area contributed by atoms with Gasteiger partial charge in [0.1, 0.15) is 0 Å². The first-order valence-corrected chi connectivity index (χ1v) is 15.6. The van der Waals surface area contributed by atoms with Crippen molar-refractivity contribution in [2.45, 2.75) is 181 Å². The molecule has 0 radical (unpaired) electrons. The lowest BCUT2D eigenvalue weighted by molar-refractivity contribution is -0.952. The van der Waals surface area contributed by atoms with E-state index in [1.165, 1.54) is 154 Å². The van der Waals surface area contributed by atoms with E-state index < -0.39 is 0 Å². The molecule has 1 N–H and O–H groups in total. The molecule has 0 aromatic carbocycles. The third kappa shape index (κ3) is 22.1. The molecule has 2 heteroatoms. The molecule has 0 aromatic rings. The summed E-state index contributed by atoms with van der Waals surface area (Å²) in [5.41, 5.74) is 0. The van der Waals surface area contributed by atoms with Gasteiger partial charge in [-0.1, -0.05) is 142 Å². The first-order chi connectivity index (χ1) is 16.1. The maximum atomic E-state index is 10.4. The van der Waals surface area contributed by atoms with E-state index in [0.29, 0.717) is 0 Å². The summed E-state index contributed by atoms with van der Waals surface area (Å²) in [7, 11) is 2.28. The number of nitrogens with zero attached hydrogens (tertiary/aromatic N) is 1. The van der Waals surface area contributed by atoms with Crippen molar-refractivity contribution < 1.29 is 9.59 Å². The average Bonchev–Trinajstić information content (AvgIpc) is 2.80. The van der Waals surface area contributed by atoms with E-state index in [0.717, 1.165) is 17.6 Å². The van der Waals surface area contributed by atoms with Gasteiger partial charge < -0.3 is 9.59 Å². The maximum absolute atomic E-state index is 10.4. The van der Waals surface area contributed by atoms with Crippen LogP contribution in [0.1, 0.15) is 175 Å². The average molecular weight is 469 g/mol. The van der Waals surface area contributed by atoms with Gasteiger partial charge in [-0.15, -0.1) is 0 Å². The van der Waals surface area contributed by atoms with Crippen LogP contribution in [0.15, 0.2) is 0 Å². The highest BCUT2D eigenvalue weighted by Crippen LogP contribution is 2.17. The highest BCUT2D eigenvalue weighted by molar-refractivity contribution is 4.52. The highest BCUT2D eigenvalue weighted by atomic mass is 16.3. The van der Waals surface area contributed by atoms with Gasteiger partial charge in [-0.2, -0.15) is 0 Å². The van der Waals surface area contributed by atoms with Crippen LogP contribution in [-0.4, -0.2) is 36.0 Å². The molecule has 33 heavy (non-hydrogen) atoms. The highest BCUT2D eigenvalue weighted by Gasteiger charge is 2.26. The number of quaternary nitrogens is 1. The molecule has 0 saturated carbocycles. The van der Waals surface area contributed by atoms with Crippen molar-refractivity contribution in [2.75, 3.05) is 20.1 Å². The van der Waals surface area contributed by atoms with E-state index in [4.69, 9.17) is 0 Å². The molecule has 0 spiro atoms. The van der Waals surface area contributed by atoms with E-state index >= 15 is 0 Å². The Morgan fingerprint density at radius 1 is 0.424 bits per heavy atom. The lowest BCUT2D eigenvalue weighted by Crippen LogP contribution is -2.52. The van der Waals surface area contributed by atoms with Crippen molar-refractivity contribution in [2.24, 2.45) is 0 Å². The molecule has 0 aromatic heterocycles. The molecule has 0 aliphatic rings. The standard InChI is InChI=1S/C31H66NO/c1-5-7-9-11-13-15-17-19-21-23-25-27-29-32(4,31(3)33)30-28-26-24-22-20-18-16-14-12-10-8-6-2/h31,33H,5-30H2,1-4H3/q+1. The second-order valence-corrected chi connectivity index (χ2v) is 11.3. The largest absolute Gasteiger partial charge is 0.345 e. The van der Waals surface area contributed by atoms with E-state index in [1.54, 1.807) is 0 Å². The van der Waals surface area contributed by atoms with E-state index in [-0.39, 0.29) is 6.23 Å². The predicted octanol–water partition coefficient (Wildman–Crippen LogP) is 10.2. The van der Waals surface area contributed by atoms with Crippen molar-refractivity contribution in [1.82, 2.24) is 0 Å². The van der Waals surface area contributed by atoms with Gasteiger partial charge in [-0.3, -0.25) is 0 Å². The Labute approximate surface area is 210 Å². The lowest BCUT2D eigenvalue weighted by atomic mass is 10.0. The van der Waals surface area contributed by atoms with Gasteiger partial charge in [0.2, 0.25) is 0 Å². The van der Waals surface area contributed by atoms with Crippen molar-refractivity contribution in [3.8, 4) is 0 Å². The molecular formula is C31H66NO+. The Balaban J connectivity index is 3.58. The summed E-state index contributed by atoms with van der Waals surface area (Å²) in [6.45, 7) is 8.88. The molecule has 0 heterocycles. The summed E-state index contributed by atoms with van der Waals surface area (Å²) in [6.07, 6.45) is 33.4. The zero-order chi connectivity index (χ0) is 24.5. The smallest absolute Gasteiger partial charge is 0.187 e.